The number of carbonyl (C=O) groups excluding carboxylic acids is 3. The van der Waals surface area contributed by atoms with Crippen molar-refractivity contribution >= 4 is 61.9 Å². The number of likely N-dealkylation sites (tertiary alicyclic amines) is 1. The number of allylic oxidation sites excluding steroid dienone is 1. The molecule has 3 fully saturated rings. The number of benzene rings is 2. The van der Waals surface area contributed by atoms with Gasteiger partial charge in [-0.3, -0.25) is 14.4 Å². The van der Waals surface area contributed by atoms with E-state index in [9.17, 15) is 19.5 Å². The van der Waals surface area contributed by atoms with E-state index in [4.69, 9.17) is 4.74 Å². The van der Waals surface area contributed by atoms with Gasteiger partial charge in [0.05, 0.1) is 23.2 Å². The summed E-state index contributed by atoms with van der Waals surface area (Å²) in [4.78, 5) is 46.0. The highest BCUT2D eigenvalue weighted by atomic mass is 79.9. The Kier molecular flexibility index (Phi) is 9.80. The van der Waals surface area contributed by atoms with E-state index in [1.807, 2.05) is 42.5 Å². The van der Waals surface area contributed by atoms with E-state index in [0.717, 1.165) is 29.3 Å². The molecule has 0 aliphatic carbocycles. The number of thioether (sulfide) groups is 1. The first-order chi connectivity index (χ1) is 20.4. The van der Waals surface area contributed by atoms with Gasteiger partial charge in [0.1, 0.15) is 6.04 Å². The van der Waals surface area contributed by atoms with Gasteiger partial charge in [0.2, 0.25) is 5.91 Å². The van der Waals surface area contributed by atoms with E-state index in [-0.39, 0.29) is 41.1 Å². The van der Waals surface area contributed by atoms with E-state index in [1.165, 1.54) is 0 Å². The Bertz CT molecular complexity index is 1350. The van der Waals surface area contributed by atoms with Crippen molar-refractivity contribution in [2.24, 2.45) is 11.8 Å². The van der Waals surface area contributed by atoms with Crippen molar-refractivity contribution in [3.8, 4) is 0 Å². The molecule has 3 saturated heterocycles. The number of carbonyl (C=O) groups is 3. The standard InChI is InChI=1S/C33H39BrN2O5S/c1-3-5-11-19-41-32(40)26-27-30(38)36(17-9-6-10-18-37)29(33(27)21-25(34)28(26)42-33)31(39)35(16-4-2)24-15-14-22-12-7-8-13-23(22)20-24/h3-4,7-8,12-15,20,25-29,37H,1-2,5-6,9-11,16-19,21H2/t25?,26-,27+,28-,29?,33?/m1/s1. The number of hydrogen-bond acceptors (Lipinski definition) is 6. The molecule has 3 aliphatic heterocycles. The number of amides is 2. The largest absolute Gasteiger partial charge is 0.465 e. The predicted molar refractivity (Wildman–Crippen MR) is 172 cm³/mol. The molecule has 3 unspecified atom stereocenters. The lowest BCUT2D eigenvalue weighted by molar-refractivity contribution is -0.154. The summed E-state index contributed by atoms with van der Waals surface area (Å²) >= 11 is 5.44. The number of rotatable bonds is 14. The monoisotopic (exact) mass is 654 g/mol. The van der Waals surface area contributed by atoms with Crippen LogP contribution < -0.4 is 4.90 Å². The van der Waals surface area contributed by atoms with Crippen molar-refractivity contribution in [2.75, 3.05) is 31.2 Å². The summed E-state index contributed by atoms with van der Waals surface area (Å²) in [5, 5.41) is 11.3. The quantitative estimate of drug-likeness (QED) is 0.125. The highest BCUT2D eigenvalue weighted by molar-refractivity contribution is 9.09. The molecule has 3 heterocycles. The molecule has 2 bridgehead atoms. The molecular weight excluding hydrogens is 616 g/mol. The third-order valence-corrected chi connectivity index (χ3v) is 12.0. The minimum absolute atomic E-state index is 0.0181. The van der Waals surface area contributed by atoms with Gasteiger partial charge in [-0.25, -0.2) is 0 Å². The van der Waals surface area contributed by atoms with Crippen LogP contribution in [-0.4, -0.2) is 75.0 Å². The summed E-state index contributed by atoms with van der Waals surface area (Å²) < 4.78 is 4.95. The number of fused-ring (bicyclic) bond motifs is 2. The van der Waals surface area contributed by atoms with Crippen LogP contribution in [0, 0.1) is 11.8 Å². The molecule has 0 saturated carbocycles. The van der Waals surface area contributed by atoms with Gasteiger partial charge in [-0.05, 0) is 61.4 Å². The van der Waals surface area contributed by atoms with Crippen molar-refractivity contribution in [3.05, 3.63) is 67.8 Å². The topological polar surface area (TPSA) is 87.2 Å². The Morgan fingerprint density at radius 3 is 2.64 bits per heavy atom. The molecule has 9 heteroatoms. The SMILES string of the molecule is C=CCCCOC(=O)[C@H]1[C@@H]2SC3(CC2Br)C(C(=O)N(CC=C)c2ccc4ccccc4c2)N(CCCCCO)C(=O)[C@H]13. The molecule has 0 radical (unpaired) electrons. The van der Waals surface area contributed by atoms with Crippen molar-refractivity contribution in [1.82, 2.24) is 4.90 Å². The van der Waals surface area contributed by atoms with Gasteiger partial charge in [0, 0.05) is 35.5 Å². The zero-order chi connectivity index (χ0) is 29.9. The molecular formula is C33H39BrN2O5S. The summed E-state index contributed by atoms with van der Waals surface area (Å²) in [5.41, 5.74) is 0.747. The van der Waals surface area contributed by atoms with Crippen molar-refractivity contribution in [2.45, 2.75) is 59.4 Å². The number of nitrogens with zero attached hydrogens (tertiary/aromatic N) is 2. The van der Waals surface area contributed by atoms with Gasteiger partial charge in [-0.2, -0.15) is 0 Å². The number of halogens is 1. The minimum atomic E-state index is -0.745. The molecule has 3 aliphatic rings. The molecule has 5 rings (SSSR count). The molecule has 2 aromatic rings. The first kappa shape index (κ1) is 30.8. The van der Waals surface area contributed by atoms with E-state index in [0.29, 0.717) is 38.8 Å². The summed E-state index contributed by atoms with van der Waals surface area (Å²) in [6, 6.07) is 13.2. The number of aliphatic hydroxyl groups excluding tert-OH is 1. The number of esters is 1. The van der Waals surface area contributed by atoms with Gasteiger partial charge >= 0.3 is 5.97 Å². The Morgan fingerprint density at radius 2 is 1.90 bits per heavy atom. The Hall–Kier alpha value is -2.62. The third kappa shape index (κ3) is 5.55. The Labute approximate surface area is 260 Å². The third-order valence-electron chi connectivity index (χ3n) is 8.77. The molecule has 42 heavy (non-hydrogen) atoms. The molecule has 2 amide bonds. The number of ether oxygens (including phenoxy) is 1. The van der Waals surface area contributed by atoms with Gasteiger partial charge in [0.15, 0.2) is 0 Å². The van der Waals surface area contributed by atoms with Crippen LogP contribution in [0.5, 0.6) is 0 Å². The predicted octanol–water partition coefficient (Wildman–Crippen LogP) is 5.50. The van der Waals surface area contributed by atoms with Crippen LogP contribution in [0.25, 0.3) is 10.8 Å². The smallest absolute Gasteiger partial charge is 0.310 e. The number of anilines is 1. The molecule has 2 aromatic carbocycles. The Balaban J connectivity index is 1.51. The second-order valence-corrected chi connectivity index (χ2v) is 14.1. The fourth-order valence-corrected chi connectivity index (χ4v) is 10.5. The van der Waals surface area contributed by atoms with Crippen molar-refractivity contribution in [3.63, 3.8) is 0 Å². The fraction of sp³-hybridized carbons (Fsp3) is 0.485. The lowest BCUT2D eigenvalue weighted by Gasteiger charge is -2.38. The maximum atomic E-state index is 14.8. The van der Waals surface area contributed by atoms with E-state index in [2.05, 4.69) is 29.1 Å². The minimum Gasteiger partial charge on any atom is -0.465 e. The van der Waals surface area contributed by atoms with Crippen molar-refractivity contribution < 1.29 is 24.2 Å². The van der Waals surface area contributed by atoms with Gasteiger partial charge in [0.25, 0.3) is 5.91 Å². The van der Waals surface area contributed by atoms with E-state index < -0.39 is 22.6 Å². The van der Waals surface area contributed by atoms with Crippen LogP contribution in [0.3, 0.4) is 0 Å². The first-order valence-electron chi connectivity index (χ1n) is 14.8. The fourth-order valence-electron chi connectivity index (χ4n) is 6.93. The van der Waals surface area contributed by atoms with Crippen molar-refractivity contribution in [1.29, 1.82) is 0 Å². The van der Waals surface area contributed by atoms with Crippen LogP contribution in [0.1, 0.15) is 38.5 Å². The molecule has 0 aromatic heterocycles. The van der Waals surface area contributed by atoms with E-state index in [1.54, 1.807) is 33.7 Å². The maximum absolute atomic E-state index is 14.8. The van der Waals surface area contributed by atoms with Gasteiger partial charge in [-0.1, -0.05) is 58.4 Å². The van der Waals surface area contributed by atoms with Gasteiger partial charge < -0.3 is 19.6 Å². The van der Waals surface area contributed by atoms with Crippen LogP contribution in [0.4, 0.5) is 5.69 Å². The zero-order valence-corrected chi connectivity index (χ0v) is 26.2. The lowest BCUT2D eigenvalue weighted by Crippen LogP contribution is -2.55. The summed E-state index contributed by atoms with van der Waals surface area (Å²) in [7, 11) is 0. The van der Waals surface area contributed by atoms with Crippen LogP contribution in [0.15, 0.2) is 67.8 Å². The summed E-state index contributed by atoms with van der Waals surface area (Å²) in [5.74, 6) is -1.89. The number of hydrogen-bond donors (Lipinski definition) is 1. The number of alkyl halides is 1. The maximum Gasteiger partial charge on any atom is 0.310 e. The normalized spacial score (nSPS) is 27.7. The highest BCUT2D eigenvalue weighted by Gasteiger charge is 2.76. The average molecular weight is 656 g/mol. The van der Waals surface area contributed by atoms with E-state index >= 15 is 0 Å². The van der Waals surface area contributed by atoms with Gasteiger partial charge in [-0.15, -0.1) is 24.9 Å². The second-order valence-electron chi connectivity index (χ2n) is 11.3. The first-order valence-corrected chi connectivity index (χ1v) is 16.6. The number of unbranched alkanes of at least 4 members (excludes halogenated alkanes) is 3. The van der Waals surface area contributed by atoms with Crippen LogP contribution >= 0.6 is 27.7 Å². The summed E-state index contributed by atoms with van der Waals surface area (Å²) in [6.45, 7) is 8.70. The Morgan fingerprint density at radius 1 is 1.12 bits per heavy atom. The highest BCUT2D eigenvalue weighted by Crippen LogP contribution is 2.68. The van der Waals surface area contributed by atoms with Crippen LogP contribution in [0.2, 0.25) is 0 Å². The molecule has 7 nitrogen and oxygen atoms in total. The molecule has 6 atom stereocenters. The molecule has 1 N–H and O–H groups in total. The molecule has 1 spiro atoms. The number of aliphatic hydroxyl groups is 1. The lowest BCUT2D eigenvalue weighted by atomic mass is 9.71. The zero-order valence-electron chi connectivity index (χ0n) is 23.8. The average Bonchev–Trinajstić information content (AvgIpc) is 3.59. The molecule has 224 valence electrons. The summed E-state index contributed by atoms with van der Waals surface area (Å²) in [6.07, 6.45) is 7.58. The van der Waals surface area contributed by atoms with Crippen LogP contribution in [-0.2, 0) is 19.1 Å². The second kappa shape index (κ2) is 13.3.